The minimum atomic E-state index is 0.131. The number of aromatic nitrogens is 2. The molecule has 0 aliphatic rings. The summed E-state index contributed by atoms with van der Waals surface area (Å²) < 4.78 is 1.66. The average molecular weight is 168 g/mol. The summed E-state index contributed by atoms with van der Waals surface area (Å²) in [6.07, 6.45) is 2.79. The van der Waals surface area contributed by atoms with Crippen molar-refractivity contribution in [1.29, 1.82) is 0 Å². The summed E-state index contributed by atoms with van der Waals surface area (Å²) >= 11 is 0. The van der Waals surface area contributed by atoms with Crippen LogP contribution in [0.3, 0.4) is 0 Å². The summed E-state index contributed by atoms with van der Waals surface area (Å²) in [5, 5.41) is 2.96. The van der Waals surface area contributed by atoms with Gasteiger partial charge in [-0.15, -0.1) is 0 Å². The normalized spacial score (nSPS) is 11.0. The van der Waals surface area contributed by atoms with E-state index in [0.29, 0.717) is 5.92 Å². The van der Waals surface area contributed by atoms with E-state index in [9.17, 15) is 4.79 Å². The SMILES string of the molecule is CCCn1[nH]cc(C(C)C)c1=O. The van der Waals surface area contributed by atoms with Crippen LogP contribution in [-0.4, -0.2) is 9.78 Å². The summed E-state index contributed by atoms with van der Waals surface area (Å²) in [6.45, 7) is 6.90. The second kappa shape index (κ2) is 3.61. The predicted octanol–water partition coefficient (Wildman–Crippen LogP) is 1.71. The van der Waals surface area contributed by atoms with Crippen LogP contribution in [-0.2, 0) is 6.54 Å². The lowest BCUT2D eigenvalue weighted by atomic mass is 10.1. The summed E-state index contributed by atoms with van der Waals surface area (Å²) in [5.41, 5.74) is 1.01. The maximum absolute atomic E-state index is 11.5. The van der Waals surface area contributed by atoms with Gasteiger partial charge >= 0.3 is 0 Å². The van der Waals surface area contributed by atoms with E-state index in [0.717, 1.165) is 18.5 Å². The number of aryl methyl sites for hydroxylation is 1. The highest BCUT2D eigenvalue weighted by Gasteiger charge is 2.07. The second-order valence-corrected chi connectivity index (χ2v) is 3.34. The molecule has 3 heteroatoms. The molecule has 12 heavy (non-hydrogen) atoms. The van der Waals surface area contributed by atoms with Gasteiger partial charge in [-0.1, -0.05) is 20.8 Å². The molecule has 0 aromatic carbocycles. The van der Waals surface area contributed by atoms with Crippen molar-refractivity contribution in [3.8, 4) is 0 Å². The van der Waals surface area contributed by atoms with E-state index >= 15 is 0 Å². The number of H-pyrrole nitrogens is 1. The molecular formula is C9H16N2O. The molecule has 1 rings (SSSR count). The molecule has 0 fully saturated rings. The summed E-state index contributed by atoms with van der Waals surface area (Å²) in [7, 11) is 0. The average Bonchev–Trinajstić information content (AvgIpc) is 2.34. The number of aromatic amines is 1. The molecule has 0 bridgehead atoms. The molecule has 0 aliphatic heterocycles. The molecule has 1 N–H and O–H groups in total. The van der Waals surface area contributed by atoms with Crippen LogP contribution >= 0.6 is 0 Å². The van der Waals surface area contributed by atoms with Gasteiger partial charge in [-0.25, -0.2) is 0 Å². The molecule has 0 amide bonds. The largest absolute Gasteiger partial charge is 0.303 e. The topological polar surface area (TPSA) is 37.8 Å². The number of hydrogen-bond acceptors (Lipinski definition) is 1. The summed E-state index contributed by atoms with van der Waals surface area (Å²) in [6, 6.07) is 0. The maximum Gasteiger partial charge on any atom is 0.269 e. The maximum atomic E-state index is 11.5. The number of nitrogens with one attached hydrogen (secondary N) is 1. The van der Waals surface area contributed by atoms with Crippen LogP contribution in [0.25, 0.3) is 0 Å². The third-order valence-electron chi connectivity index (χ3n) is 1.94. The van der Waals surface area contributed by atoms with Crippen molar-refractivity contribution in [2.75, 3.05) is 0 Å². The van der Waals surface area contributed by atoms with Gasteiger partial charge in [0.1, 0.15) is 0 Å². The molecule has 0 atom stereocenters. The van der Waals surface area contributed by atoms with E-state index in [1.54, 1.807) is 4.68 Å². The van der Waals surface area contributed by atoms with E-state index in [1.807, 2.05) is 20.0 Å². The first-order valence-electron chi connectivity index (χ1n) is 4.45. The molecule has 1 aromatic heterocycles. The molecule has 0 saturated heterocycles. The van der Waals surface area contributed by atoms with Crippen molar-refractivity contribution in [2.24, 2.45) is 0 Å². The van der Waals surface area contributed by atoms with Crippen molar-refractivity contribution in [3.63, 3.8) is 0 Å². The zero-order valence-electron chi connectivity index (χ0n) is 7.92. The quantitative estimate of drug-likeness (QED) is 0.733. The van der Waals surface area contributed by atoms with Crippen LogP contribution in [0.4, 0.5) is 0 Å². The van der Waals surface area contributed by atoms with Gasteiger partial charge in [0.15, 0.2) is 0 Å². The van der Waals surface area contributed by atoms with Crippen molar-refractivity contribution in [3.05, 3.63) is 22.1 Å². The monoisotopic (exact) mass is 168 g/mol. The van der Waals surface area contributed by atoms with Crippen molar-refractivity contribution >= 4 is 0 Å². The Bertz CT molecular complexity index is 296. The number of rotatable bonds is 3. The fourth-order valence-electron chi connectivity index (χ4n) is 1.23. The first-order valence-corrected chi connectivity index (χ1v) is 4.45. The lowest BCUT2D eigenvalue weighted by Crippen LogP contribution is -2.19. The van der Waals surface area contributed by atoms with Gasteiger partial charge < -0.3 is 5.10 Å². The Balaban J connectivity index is 2.97. The van der Waals surface area contributed by atoms with Crippen LogP contribution in [0, 0.1) is 0 Å². The standard InChI is InChI=1S/C9H16N2O/c1-4-5-11-9(12)8(6-10-11)7(2)3/h6-7,10H,4-5H2,1-3H3. The Morgan fingerprint density at radius 2 is 2.25 bits per heavy atom. The molecule has 3 nitrogen and oxygen atoms in total. The van der Waals surface area contributed by atoms with Gasteiger partial charge in [0, 0.05) is 18.3 Å². The van der Waals surface area contributed by atoms with E-state index in [2.05, 4.69) is 12.0 Å². The predicted molar refractivity (Wildman–Crippen MR) is 49.4 cm³/mol. The molecule has 0 saturated carbocycles. The Labute approximate surface area is 72.4 Å². The number of nitrogens with zero attached hydrogens (tertiary/aromatic N) is 1. The van der Waals surface area contributed by atoms with Crippen molar-refractivity contribution in [1.82, 2.24) is 9.78 Å². The highest BCUT2D eigenvalue weighted by molar-refractivity contribution is 5.09. The third-order valence-corrected chi connectivity index (χ3v) is 1.94. The number of hydrogen-bond donors (Lipinski definition) is 1. The molecule has 1 heterocycles. The Hall–Kier alpha value is -0.990. The van der Waals surface area contributed by atoms with Crippen LogP contribution in [0.1, 0.15) is 38.7 Å². The first kappa shape index (κ1) is 9.10. The third kappa shape index (κ3) is 1.60. The highest BCUT2D eigenvalue weighted by atomic mass is 16.1. The van der Waals surface area contributed by atoms with Gasteiger partial charge in [-0.3, -0.25) is 9.48 Å². The fraction of sp³-hybridized carbons (Fsp3) is 0.667. The Kier molecular flexibility index (Phi) is 2.74. The Morgan fingerprint density at radius 1 is 1.58 bits per heavy atom. The van der Waals surface area contributed by atoms with Gasteiger partial charge in [-0.2, -0.15) is 0 Å². The van der Waals surface area contributed by atoms with E-state index in [-0.39, 0.29) is 5.56 Å². The van der Waals surface area contributed by atoms with Gasteiger partial charge in [0.25, 0.3) is 5.56 Å². The van der Waals surface area contributed by atoms with Crippen LogP contribution < -0.4 is 5.56 Å². The van der Waals surface area contributed by atoms with Gasteiger partial charge in [0.2, 0.25) is 0 Å². The minimum absolute atomic E-state index is 0.131. The van der Waals surface area contributed by atoms with Crippen LogP contribution in [0.2, 0.25) is 0 Å². The van der Waals surface area contributed by atoms with Crippen LogP contribution in [0.5, 0.6) is 0 Å². The molecule has 0 aliphatic carbocycles. The molecule has 0 radical (unpaired) electrons. The van der Waals surface area contributed by atoms with E-state index in [4.69, 9.17) is 0 Å². The van der Waals surface area contributed by atoms with Crippen molar-refractivity contribution in [2.45, 2.75) is 39.7 Å². The highest BCUT2D eigenvalue weighted by Crippen LogP contribution is 2.07. The van der Waals surface area contributed by atoms with Crippen LogP contribution in [0.15, 0.2) is 11.0 Å². The van der Waals surface area contributed by atoms with Crippen molar-refractivity contribution < 1.29 is 0 Å². The first-order chi connectivity index (χ1) is 5.66. The molecule has 0 spiro atoms. The fourth-order valence-corrected chi connectivity index (χ4v) is 1.23. The van der Waals surface area contributed by atoms with Gasteiger partial charge in [-0.05, 0) is 12.3 Å². The smallest absolute Gasteiger partial charge is 0.269 e. The summed E-state index contributed by atoms with van der Waals surface area (Å²) in [5.74, 6) is 0.312. The lowest BCUT2D eigenvalue weighted by Gasteiger charge is -1.97. The molecule has 0 unspecified atom stereocenters. The molecular weight excluding hydrogens is 152 g/mol. The minimum Gasteiger partial charge on any atom is -0.303 e. The molecule has 68 valence electrons. The molecule has 1 aromatic rings. The van der Waals surface area contributed by atoms with E-state index < -0.39 is 0 Å². The summed E-state index contributed by atoms with van der Waals surface area (Å²) in [4.78, 5) is 11.5. The second-order valence-electron chi connectivity index (χ2n) is 3.34. The lowest BCUT2D eigenvalue weighted by molar-refractivity contribution is 0.583. The Morgan fingerprint density at radius 3 is 2.67 bits per heavy atom. The zero-order valence-corrected chi connectivity index (χ0v) is 7.92. The van der Waals surface area contributed by atoms with Gasteiger partial charge in [0.05, 0.1) is 0 Å². The zero-order chi connectivity index (χ0) is 9.14. The van der Waals surface area contributed by atoms with E-state index in [1.165, 1.54) is 0 Å².